The van der Waals surface area contributed by atoms with Gasteiger partial charge in [0.25, 0.3) is 0 Å². The lowest BCUT2D eigenvalue weighted by Crippen LogP contribution is -2.30. The molecule has 5 heteroatoms. The van der Waals surface area contributed by atoms with Crippen molar-refractivity contribution in [3.8, 4) is 5.75 Å². The van der Waals surface area contributed by atoms with Gasteiger partial charge in [-0.05, 0) is 30.3 Å². The number of hydrogen-bond acceptors (Lipinski definition) is 2. The van der Waals surface area contributed by atoms with Crippen LogP contribution >= 0.6 is 0 Å². The SMILES string of the molecule is COc1cc(N2CCc3[nH]c4cc(F)ccc4c3C2)ccc1F. The number of nitrogens with zero attached hydrogens (tertiary/aromatic N) is 1. The summed E-state index contributed by atoms with van der Waals surface area (Å²) in [6.45, 7) is 1.52. The molecule has 1 N–H and O–H groups in total. The fraction of sp³-hybridized carbons (Fsp3) is 0.222. The molecule has 0 saturated heterocycles. The smallest absolute Gasteiger partial charge is 0.165 e. The largest absolute Gasteiger partial charge is 0.494 e. The number of anilines is 1. The summed E-state index contributed by atoms with van der Waals surface area (Å²) in [5.74, 6) is -0.359. The molecule has 2 heterocycles. The first-order chi connectivity index (χ1) is 11.2. The van der Waals surface area contributed by atoms with Gasteiger partial charge in [0.2, 0.25) is 0 Å². The van der Waals surface area contributed by atoms with E-state index in [1.807, 2.05) is 6.07 Å². The maximum Gasteiger partial charge on any atom is 0.165 e. The van der Waals surface area contributed by atoms with E-state index in [1.54, 1.807) is 12.1 Å². The number of rotatable bonds is 2. The average Bonchev–Trinajstić information content (AvgIpc) is 2.91. The lowest BCUT2D eigenvalue weighted by Gasteiger charge is -2.29. The van der Waals surface area contributed by atoms with E-state index in [0.717, 1.165) is 35.2 Å². The van der Waals surface area contributed by atoms with Gasteiger partial charge in [-0.15, -0.1) is 0 Å². The zero-order valence-electron chi connectivity index (χ0n) is 12.7. The third-order valence-electron chi connectivity index (χ3n) is 4.44. The molecule has 118 valence electrons. The van der Waals surface area contributed by atoms with Crippen LogP contribution in [0.15, 0.2) is 36.4 Å². The van der Waals surface area contributed by atoms with Gasteiger partial charge in [-0.1, -0.05) is 0 Å². The summed E-state index contributed by atoms with van der Waals surface area (Å²) in [6.07, 6.45) is 0.839. The van der Waals surface area contributed by atoms with Gasteiger partial charge < -0.3 is 14.6 Å². The number of H-pyrrole nitrogens is 1. The molecule has 4 rings (SSSR count). The standard InChI is InChI=1S/C18H16F2N2O/c1-23-18-9-12(3-5-15(18)20)22-7-6-16-14(10-22)13-4-2-11(19)8-17(13)21-16/h2-5,8-9,21H,6-7,10H2,1H3. The molecule has 3 nitrogen and oxygen atoms in total. The third-order valence-corrected chi connectivity index (χ3v) is 4.44. The van der Waals surface area contributed by atoms with Crippen LogP contribution in [0.4, 0.5) is 14.5 Å². The zero-order chi connectivity index (χ0) is 16.0. The predicted octanol–water partition coefficient (Wildman–Crippen LogP) is 4.02. The Kier molecular flexibility index (Phi) is 3.22. The van der Waals surface area contributed by atoms with Crippen LogP contribution in [-0.2, 0) is 13.0 Å². The molecule has 1 aromatic heterocycles. The molecule has 23 heavy (non-hydrogen) atoms. The van der Waals surface area contributed by atoms with Crippen molar-refractivity contribution in [3.63, 3.8) is 0 Å². The first-order valence-corrected chi connectivity index (χ1v) is 7.53. The van der Waals surface area contributed by atoms with Crippen molar-refractivity contribution >= 4 is 16.6 Å². The number of aromatic amines is 1. The van der Waals surface area contributed by atoms with Crippen LogP contribution in [0.5, 0.6) is 5.75 Å². The molecule has 0 atom stereocenters. The average molecular weight is 314 g/mol. The quantitative estimate of drug-likeness (QED) is 0.774. The van der Waals surface area contributed by atoms with E-state index in [-0.39, 0.29) is 17.4 Å². The molecule has 0 spiro atoms. The van der Waals surface area contributed by atoms with E-state index in [2.05, 4.69) is 9.88 Å². The van der Waals surface area contributed by atoms with Crippen molar-refractivity contribution in [3.05, 3.63) is 59.3 Å². The summed E-state index contributed by atoms with van der Waals surface area (Å²) in [7, 11) is 1.46. The molecule has 0 fully saturated rings. The normalized spacial score (nSPS) is 14.1. The summed E-state index contributed by atoms with van der Waals surface area (Å²) in [5.41, 5.74) is 4.07. The summed E-state index contributed by atoms with van der Waals surface area (Å²) < 4.78 is 32.0. The lowest BCUT2D eigenvalue weighted by atomic mass is 10.0. The molecular formula is C18H16F2N2O. The second-order valence-electron chi connectivity index (χ2n) is 5.76. The fourth-order valence-electron chi connectivity index (χ4n) is 3.26. The first-order valence-electron chi connectivity index (χ1n) is 7.53. The Morgan fingerprint density at radius 3 is 2.83 bits per heavy atom. The Bertz CT molecular complexity index is 888. The minimum atomic E-state index is -0.364. The molecule has 2 aromatic carbocycles. The van der Waals surface area contributed by atoms with Gasteiger partial charge in [0, 0.05) is 53.4 Å². The molecular weight excluding hydrogens is 298 g/mol. The Balaban J connectivity index is 1.72. The molecule has 1 aliphatic rings. The first kappa shape index (κ1) is 14.1. The van der Waals surface area contributed by atoms with Gasteiger partial charge in [-0.25, -0.2) is 8.78 Å². The summed E-state index contributed by atoms with van der Waals surface area (Å²) in [4.78, 5) is 5.49. The third kappa shape index (κ3) is 2.32. The Morgan fingerprint density at radius 1 is 1.13 bits per heavy atom. The lowest BCUT2D eigenvalue weighted by molar-refractivity contribution is 0.386. The second kappa shape index (κ2) is 5.26. The second-order valence-corrected chi connectivity index (χ2v) is 5.76. The van der Waals surface area contributed by atoms with Crippen LogP contribution in [0.1, 0.15) is 11.3 Å². The zero-order valence-corrected chi connectivity index (χ0v) is 12.7. The number of halogens is 2. The van der Waals surface area contributed by atoms with Crippen LogP contribution in [0.25, 0.3) is 10.9 Å². The van der Waals surface area contributed by atoms with Gasteiger partial charge in [0.05, 0.1) is 7.11 Å². The molecule has 3 aromatic rings. The van der Waals surface area contributed by atoms with Crippen molar-refractivity contribution < 1.29 is 13.5 Å². The van der Waals surface area contributed by atoms with Crippen molar-refractivity contribution in [1.29, 1.82) is 0 Å². The van der Waals surface area contributed by atoms with Crippen molar-refractivity contribution in [2.24, 2.45) is 0 Å². The van der Waals surface area contributed by atoms with E-state index in [9.17, 15) is 8.78 Å². The fourth-order valence-corrected chi connectivity index (χ4v) is 3.26. The minimum Gasteiger partial charge on any atom is -0.494 e. The molecule has 0 aliphatic carbocycles. The van der Waals surface area contributed by atoms with Crippen molar-refractivity contribution in [2.75, 3.05) is 18.6 Å². The number of methoxy groups -OCH3 is 1. The van der Waals surface area contributed by atoms with Gasteiger partial charge in [0.15, 0.2) is 11.6 Å². The maximum atomic E-state index is 13.6. The number of fused-ring (bicyclic) bond motifs is 3. The molecule has 0 saturated carbocycles. The van der Waals surface area contributed by atoms with E-state index < -0.39 is 0 Å². The monoisotopic (exact) mass is 314 g/mol. The van der Waals surface area contributed by atoms with Crippen LogP contribution < -0.4 is 9.64 Å². The predicted molar refractivity (Wildman–Crippen MR) is 86.0 cm³/mol. The summed E-state index contributed by atoms with van der Waals surface area (Å²) in [6, 6.07) is 9.73. The number of aromatic nitrogens is 1. The Labute approximate surface area is 132 Å². The maximum absolute atomic E-state index is 13.6. The Hall–Kier alpha value is -2.56. The highest BCUT2D eigenvalue weighted by Crippen LogP contribution is 2.32. The molecule has 0 amide bonds. The van der Waals surface area contributed by atoms with Crippen molar-refractivity contribution in [2.45, 2.75) is 13.0 Å². The van der Waals surface area contributed by atoms with Gasteiger partial charge in [-0.2, -0.15) is 0 Å². The van der Waals surface area contributed by atoms with Crippen LogP contribution in [0.3, 0.4) is 0 Å². The molecule has 1 aliphatic heterocycles. The number of hydrogen-bond donors (Lipinski definition) is 1. The summed E-state index contributed by atoms with van der Waals surface area (Å²) in [5, 5.41) is 1.04. The summed E-state index contributed by atoms with van der Waals surface area (Å²) >= 11 is 0. The highest BCUT2D eigenvalue weighted by atomic mass is 19.1. The number of ether oxygens (including phenoxy) is 1. The van der Waals surface area contributed by atoms with Gasteiger partial charge in [-0.3, -0.25) is 0 Å². The molecule has 0 unspecified atom stereocenters. The van der Waals surface area contributed by atoms with Gasteiger partial charge >= 0.3 is 0 Å². The highest BCUT2D eigenvalue weighted by molar-refractivity contribution is 5.85. The topological polar surface area (TPSA) is 28.3 Å². The van der Waals surface area contributed by atoms with Crippen molar-refractivity contribution in [1.82, 2.24) is 4.98 Å². The van der Waals surface area contributed by atoms with Crippen LogP contribution in [0, 0.1) is 11.6 Å². The highest BCUT2D eigenvalue weighted by Gasteiger charge is 2.21. The van der Waals surface area contributed by atoms with E-state index >= 15 is 0 Å². The van der Waals surface area contributed by atoms with E-state index in [1.165, 1.54) is 30.9 Å². The number of benzene rings is 2. The molecule has 0 radical (unpaired) electrons. The number of nitrogens with one attached hydrogen (secondary N) is 1. The van der Waals surface area contributed by atoms with Crippen LogP contribution in [0.2, 0.25) is 0 Å². The Morgan fingerprint density at radius 2 is 2.00 bits per heavy atom. The van der Waals surface area contributed by atoms with Crippen LogP contribution in [-0.4, -0.2) is 18.6 Å². The van der Waals surface area contributed by atoms with Gasteiger partial charge in [0.1, 0.15) is 5.82 Å². The molecule has 0 bridgehead atoms. The van der Waals surface area contributed by atoms with E-state index in [4.69, 9.17) is 4.74 Å². The van der Waals surface area contributed by atoms with E-state index in [0.29, 0.717) is 6.54 Å². The minimum absolute atomic E-state index is 0.240.